The monoisotopic (exact) mass is 220 g/mol. The summed E-state index contributed by atoms with van der Waals surface area (Å²) < 4.78 is 5.04. The standard InChI is InChI=1S/C12H16N2O2/c1-9-7-13-12(15)14(9)11-5-3-10(4-6-11)8-16-2/h3-6,9H,7-8H2,1-2H3,(H,13,15)/t9-/m1/s1. The summed E-state index contributed by atoms with van der Waals surface area (Å²) >= 11 is 0. The number of hydrogen-bond acceptors (Lipinski definition) is 2. The van der Waals surface area contributed by atoms with Gasteiger partial charge in [0.25, 0.3) is 0 Å². The van der Waals surface area contributed by atoms with Gasteiger partial charge in [-0.3, -0.25) is 4.90 Å². The zero-order valence-electron chi connectivity index (χ0n) is 9.56. The van der Waals surface area contributed by atoms with E-state index in [0.29, 0.717) is 13.2 Å². The molecule has 0 aliphatic carbocycles. The Hall–Kier alpha value is -1.55. The molecule has 0 aromatic heterocycles. The number of nitrogens with one attached hydrogen (secondary N) is 1. The number of carbonyl (C=O) groups excluding carboxylic acids is 1. The molecule has 0 saturated carbocycles. The Morgan fingerprint density at radius 3 is 2.62 bits per heavy atom. The molecule has 4 heteroatoms. The van der Waals surface area contributed by atoms with Gasteiger partial charge in [-0.05, 0) is 24.6 Å². The molecule has 1 aromatic rings. The minimum Gasteiger partial charge on any atom is -0.380 e. The Labute approximate surface area is 95.2 Å². The van der Waals surface area contributed by atoms with Gasteiger partial charge < -0.3 is 10.1 Å². The van der Waals surface area contributed by atoms with Crippen LogP contribution in [0.1, 0.15) is 12.5 Å². The maximum atomic E-state index is 11.6. The summed E-state index contributed by atoms with van der Waals surface area (Å²) in [5, 5.41) is 2.82. The molecule has 1 heterocycles. The maximum Gasteiger partial charge on any atom is 0.322 e. The molecule has 0 spiro atoms. The number of carbonyl (C=O) groups is 1. The molecule has 1 N–H and O–H groups in total. The van der Waals surface area contributed by atoms with Crippen molar-refractivity contribution >= 4 is 11.7 Å². The maximum absolute atomic E-state index is 11.6. The molecule has 16 heavy (non-hydrogen) atoms. The van der Waals surface area contributed by atoms with E-state index in [1.54, 1.807) is 12.0 Å². The van der Waals surface area contributed by atoms with E-state index in [1.165, 1.54) is 0 Å². The summed E-state index contributed by atoms with van der Waals surface area (Å²) in [7, 11) is 1.67. The molecule has 86 valence electrons. The first-order valence-corrected chi connectivity index (χ1v) is 5.37. The van der Waals surface area contributed by atoms with Crippen molar-refractivity contribution in [1.29, 1.82) is 0 Å². The third-order valence-electron chi connectivity index (χ3n) is 2.73. The van der Waals surface area contributed by atoms with Crippen LogP contribution >= 0.6 is 0 Å². The Morgan fingerprint density at radius 2 is 2.12 bits per heavy atom. The number of ether oxygens (including phenoxy) is 1. The lowest BCUT2D eigenvalue weighted by atomic mass is 10.2. The van der Waals surface area contributed by atoms with Crippen LogP contribution in [0.25, 0.3) is 0 Å². The predicted octanol–water partition coefficient (Wildman–Crippen LogP) is 1.75. The normalized spacial score (nSPS) is 20.0. The quantitative estimate of drug-likeness (QED) is 0.843. The van der Waals surface area contributed by atoms with E-state index in [1.807, 2.05) is 31.2 Å². The van der Waals surface area contributed by atoms with Crippen molar-refractivity contribution in [2.75, 3.05) is 18.6 Å². The number of rotatable bonds is 3. The Kier molecular flexibility index (Phi) is 3.10. The highest BCUT2D eigenvalue weighted by molar-refractivity contribution is 5.94. The van der Waals surface area contributed by atoms with E-state index in [2.05, 4.69) is 5.32 Å². The molecule has 2 rings (SSSR count). The molecule has 4 nitrogen and oxygen atoms in total. The molecular weight excluding hydrogens is 204 g/mol. The van der Waals surface area contributed by atoms with Gasteiger partial charge in [-0.25, -0.2) is 4.79 Å². The van der Waals surface area contributed by atoms with Gasteiger partial charge in [0, 0.05) is 19.3 Å². The summed E-state index contributed by atoms with van der Waals surface area (Å²) in [5.74, 6) is 0. The van der Waals surface area contributed by atoms with E-state index >= 15 is 0 Å². The number of methoxy groups -OCH3 is 1. The molecule has 1 atom stereocenters. The molecule has 1 aliphatic rings. The van der Waals surface area contributed by atoms with Crippen LogP contribution in [0.5, 0.6) is 0 Å². The van der Waals surface area contributed by atoms with Gasteiger partial charge in [0.15, 0.2) is 0 Å². The number of anilines is 1. The van der Waals surface area contributed by atoms with Crippen molar-refractivity contribution < 1.29 is 9.53 Å². The summed E-state index contributed by atoms with van der Waals surface area (Å²) in [5.41, 5.74) is 2.04. The minimum atomic E-state index is -0.0213. The van der Waals surface area contributed by atoms with Gasteiger partial charge >= 0.3 is 6.03 Å². The van der Waals surface area contributed by atoms with E-state index in [4.69, 9.17) is 4.74 Å². The Bertz CT molecular complexity index is 375. The van der Waals surface area contributed by atoms with Crippen LogP contribution in [0.4, 0.5) is 10.5 Å². The summed E-state index contributed by atoms with van der Waals surface area (Å²) in [6.07, 6.45) is 0. The Morgan fingerprint density at radius 1 is 1.44 bits per heavy atom. The van der Waals surface area contributed by atoms with Gasteiger partial charge in [-0.2, -0.15) is 0 Å². The predicted molar refractivity (Wildman–Crippen MR) is 62.5 cm³/mol. The van der Waals surface area contributed by atoms with Crippen LogP contribution in [-0.4, -0.2) is 25.7 Å². The van der Waals surface area contributed by atoms with E-state index in [9.17, 15) is 4.79 Å². The van der Waals surface area contributed by atoms with Crippen molar-refractivity contribution in [2.45, 2.75) is 19.6 Å². The third-order valence-corrected chi connectivity index (χ3v) is 2.73. The zero-order chi connectivity index (χ0) is 11.5. The van der Waals surface area contributed by atoms with Crippen molar-refractivity contribution in [3.05, 3.63) is 29.8 Å². The molecule has 0 unspecified atom stereocenters. The fourth-order valence-corrected chi connectivity index (χ4v) is 1.90. The number of amides is 2. The molecule has 1 saturated heterocycles. The molecule has 0 bridgehead atoms. The molecular formula is C12H16N2O2. The number of nitrogens with zero attached hydrogens (tertiary/aromatic N) is 1. The molecule has 1 fully saturated rings. The van der Waals surface area contributed by atoms with Gasteiger partial charge in [-0.15, -0.1) is 0 Å². The van der Waals surface area contributed by atoms with Crippen LogP contribution in [0, 0.1) is 0 Å². The molecule has 1 aliphatic heterocycles. The van der Waals surface area contributed by atoms with E-state index in [0.717, 1.165) is 11.3 Å². The van der Waals surface area contributed by atoms with Crippen molar-refractivity contribution in [2.24, 2.45) is 0 Å². The fraction of sp³-hybridized carbons (Fsp3) is 0.417. The lowest BCUT2D eigenvalue weighted by molar-refractivity contribution is 0.185. The lowest BCUT2D eigenvalue weighted by Crippen LogP contribution is -2.32. The summed E-state index contributed by atoms with van der Waals surface area (Å²) in [4.78, 5) is 13.4. The van der Waals surface area contributed by atoms with E-state index in [-0.39, 0.29) is 12.1 Å². The Balaban J connectivity index is 2.17. The number of hydrogen-bond donors (Lipinski definition) is 1. The summed E-state index contributed by atoms with van der Waals surface area (Å²) in [6, 6.07) is 8.06. The molecule has 2 amide bonds. The van der Waals surface area contributed by atoms with Gasteiger partial charge in [0.05, 0.1) is 12.6 Å². The second-order valence-electron chi connectivity index (χ2n) is 4.00. The number of urea groups is 1. The lowest BCUT2D eigenvalue weighted by Gasteiger charge is -2.19. The zero-order valence-corrected chi connectivity index (χ0v) is 9.56. The first kappa shape index (κ1) is 11.0. The van der Waals surface area contributed by atoms with Crippen molar-refractivity contribution in [3.8, 4) is 0 Å². The number of benzene rings is 1. The molecule has 0 radical (unpaired) electrons. The van der Waals surface area contributed by atoms with Gasteiger partial charge in [0.2, 0.25) is 0 Å². The van der Waals surface area contributed by atoms with Crippen LogP contribution < -0.4 is 10.2 Å². The topological polar surface area (TPSA) is 41.6 Å². The van der Waals surface area contributed by atoms with Gasteiger partial charge in [-0.1, -0.05) is 12.1 Å². The molecule has 1 aromatic carbocycles. The highest BCUT2D eigenvalue weighted by atomic mass is 16.5. The highest BCUT2D eigenvalue weighted by Gasteiger charge is 2.28. The second kappa shape index (κ2) is 4.53. The van der Waals surface area contributed by atoms with Crippen molar-refractivity contribution in [3.63, 3.8) is 0 Å². The largest absolute Gasteiger partial charge is 0.380 e. The second-order valence-corrected chi connectivity index (χ2v) is 4.00. The van der Waals surface area contributed by atoms with E-state index < -0.39 is 0 Å². The minimum absolute atomic E-state index is 0.0213. The first-order valence-electron chi connectivity index (χ1n) is 5.37. The van der Waals surface area contributed by atoms with Crippen LogP contribution in [0.15, 0.2) is 24.3 Å². The third kappa shape index (κ3) is 2.02. The van der Waals surface area contributed by atoms with Crippen molar-refractivity contribution in [1.82, 2.24) is 5.32 Å². The first-order chi connectivity index (χ1) is 7.72. The SMILES string of the molecule is COCc1ccc(N2C(=O)NC[C@H]2C)cc1. The van der Waals surface area contributed by atoms with Crippen LogP contribution in [0.2, 0.25) is 0 Å². The fourth-order valence-electron chi connectivity index (χ4n) is 1.90. The van der Waals surface area contributed by atoms with Crippen LogP contribution in [-0.2, 0) is 11.3 Å². The highest BCUT2D eigenvalue weighted by Crippen LogP contribution is 2.20. The van der Waals surface area contributed by atoms with Crippen LogP contribution in [0.3, 0.4) is 0 Å². The average molecular weight is 220 g/mol. The average Bonchev–Trinajstić information content (AvgIpc) is 2.61. The van der Waals surface area contributed by atoms with Gasteiger partial charge in [0.1, 0.15) is 0 Å². The summed E-state index contributed by atoms with van der Waals surface area (Å²) in [6.45, 7) is 3.33. The smallest absolute Gasteiger partial charge is 0.322 e.